The number of hydrogen-bond donors (Lipinski definition) is 1. The second kappa shape index (κ2) is 3.65. The van der Waals surface area contributed by atoms with Gasteiger partial charge in [0.25, 0.3) is 0 Å². The molecule has 3 nitrogen and oxygen atoms in total. The van der Waals surface area contributed by atoms with Gasteiger partial charge in [0, 0.05) is 5.39 Å². The second-order valence-corrected chi connectivity index (χ2v) is 4.67. The summed E-state index contributed by atoms with van der Waals surface area (Å²) < 4.78 is 0. The lowest BCUT2D eigenvalue weighted by molar-refractivity contribution is 1.33. The Hall–Kier alpha value is -2.68. The second-order valence-electron chi connectivity index (χ2n) is 4.67. The van der Waals surface area contributed by atoms with Crippen molar-refractivity contribution in [1.82, 2.24) is 0 Å². The number of nitrogens with zero attached hydrogens (tertiary/aromatic N) is 1. The van der Waals surface area contributed by atoms with Crippen molar-refractivity contribution in [2.45, 2.75) is 0 Å². The van der Waals surface area contributed by atoms with Gasteiger partial charge in [0.2, 0.25) is 0 Å². The molecular weight excluding hydrogens is 236 g/mol. The van der Waals surface area contributed by atoms with Crippen LogP contribution >= 0.6 is 0 Å². The predicted molar refractivity (Wildman–Crippen MR) is 79.6 cm³/mol. The molecule has 0 heterocycles. The molecule has 0 saturated carbocycles. The Bertz CT molecular complexity index is 899. The average molecular weight is 246 g/mol. The monoisotopic (exact) mass is 246 g/mol. The van der Waals surface area contributed by atoms with Crippen LogP contribution in [0.4, 0.5) is 5.69 Å². The summed E-state index contributed by atoms with van der Waals surface area (Å²) in [4.78, 5) is 10.5. The number of anilines is 1. The fraction of sp³-hybridized carbons (Fsp3) is 0. The predicted octanol–water partition coefficient (Wildman–Crippen LogP) is 4.68. The number of nitroso groups, excluding NO2 is 1. The van der Waals surface area contributed by atoms with Crippen LogP contribution in [-0.2, 0) is 0 Å². The maximum atomic E-state index is 10.5. The van der Waals surface area contributed by atoms with E-state index >= 15 is 0 Å². The number of hydrogen-bond acceptors (Lipinski definition) is 2. The van der Waals surface area contributed by atoms with Crippen LogP contribution < -0.4 is 5.43 Å². The third kappa shape index (κ3) is 1.32. The quantitative estimate of drug-likeness (QED) is 0.317. The highest BCUT2D eigenvalue weighted by Gasteiger charge is 2.10. The maximum Gasteiger partial charge on any atom is 0.0673 e. The molecule has 90 valence electrons. The molecule has 0 saturated heterocycles. The lowest BCUT2D eigenvalue weighted by Gasteiger charge is -2.12. The van der Waals surface area contributed by atoms with Crippen molar-refractivity contribution in [2.75, 3.05) is 5.43 Å². The highest BCUT2D eigenvalue weighted by atomic mass is 16.3. The summed E-state index contributed by atoms with van der Waals surface area (Å²) in [7, 11) is 0. The fourth-order valence-corrected chi connectivity index (χ4v) is 2.88. The van der Waals surface area contributed by atoms with Crippen molar-refractivity contribution in [1.29, 1.82) is 0 Å². The van der Waals surface area contributed by atoms with Crippen LogP contribution in [0, 0.1) is 4.91 Å². The Kier molecular flexibility index (Phi) is 1.97. The van der Waals surface area contributed by atoms with Gasteiger partial charge in [0.15, 0.2) is 0 Å². The van der Waals surface area contributed by atoms with E-state index in [0.717, 1.165) is 11.1 Å². The van der Waals surface area contributed by atoms with E-state index in [2.05, 4.69) is 47.1 Å². The molecule has 0 aliphatic carbocycles. The highest BCUT2D eigenvalue weighted by Crippen LogP contribution is 2.37. The normalized spacial score (nSPS) is 11.4. The Balaban J connectivity index is 2.31. The van der Waals surface area contributed by atoms with Gasteiger partial charge in [-0.05, 0) is 33.0 Å². The lowest BCUT2D eigenvalue weighted by Crippen LogP contribution is -1.90. The van der Waals surface area contributed by atoms with Gasteiger partial charge in [0.05, 0.1) is 11.0 Å². The van der Waals surface area contributed by atoms with Crippen LogP contribution in [0.5, 0.6) is 0 Å². The van der Waals surface area contributed by atoms with Crippen LogP contribution in [-0.4, -0.2) is 0 Å². The smallest absolute Gasteiger partial charge is 0.0673 e. The largest absolute Gasteiger partial charge is 0.242 e. The van der Waals surface area contributed by atoms with Crippen molar-refractivity contribution < 1.29 is 0 Å². The first-order valence-electron chi connectivity index (χ1n) is 6.13. The van der Waals surface area contributed by atoms with Crippen LogP contribution in [0.1, 0.15) is 0 Å². The molecule has 0 unspecified atom stereocenters. The third-order valence-corrected chi connectivity index (χ3v) is 3.69. The highest BCUT2D eigenvalue weighted by molar-refractivity contribution is 6.25. The summed E-state index contributed by atoms with van der Waals surface area (Å²) in [6.07, 6.45) is 0. The fourth-order valence-electron chi connectivity index (χ4n) is 2.88. The molecule has 3 heteroatoms. The zero-order valence-corrected chi connectivity index (χ0v) is 10.1. The van der Waals surface area contributed by atoms with Gasteiger partial charge in [-0.25, -0.2) is 5.43 Å². The molecule has 19 heavy (non-hydrogen) atoms. The van der Waals surface area contributed by atoms with E-state index in [0.29, 0.717) is 0 Å². The zero-order valence-electron chi connectivity index (χ0n) is 10.1. The Morgan fingerprint density at radius 1 is 0.737 bits per heavy atom. The van der Waals surface area contributed by atoms with E-state index in [1.165, 1.54) is 26.9 Å². The Morgan fingerprint density at radius 2 is 1.37 bits per heavy atom. The summed E-state index contributed by atoms with van der Waals surface area (Å²) in [5.41, 5.74) is 3.28. The van der Waals surface area contributed by atoms with Crippen LogP contribution in [0.25, 0.3) is 32.3 Å². The molecule has 4 rings (SSSR count). The van der Waals surface area contributed by atoms with Crippen molar-refractivity contribution in [3.8, 4) is 0 Å². The molecule has 1 N–H and O–H groups in total. The summed E-state index contributed by atoms with van der Waals surface area (Å²) in [6, 6.07) is 18.6. The Labute approximate surface area is 109 Å². The van der Waals surface area contributed by atoms with Gasteiger partial charge in [0.1, 0.15) is 0 Å². The first kappa shape index (κ1) is 10.3. The molecule has 0 bridgehead atoms. The number of rotatable bonds is 2. The first-order chi connectivity index (χ1) is 9.38. The number of nitrogens with one attached hydrogen (secondary N) is 1. The van der Waals surface area contributed by atoms with Crippen molar-refractivity contribution in [2.24, 2.45) is 5.29 Å². The van der Waals surface area contributed by atoms with Crippen LogP contribution in [0.2, 0.25) is 0 Å². The van der Waals surface area contributed by atoms with Crippen LogP contribution in [0.15, 0.2) is 59.9 Å². The molecule has 0 atom stereocenters. The average Bonchev–Trinajstić information content (AvgIpc) is 2.46. The van der Waals surface area contributed by atoms with Gasteiger partial charge in [-0.1, -0.05) is 48.5 Å². The first-order valence-corrected chi connectivity index (χ1v) is 6.13. The van der Waals surface area contributed by atoms with E-state index in [1.807, 2.05) is 18.2 Å². The van der Waals surface area contributed by atoms with Gasteiger partial charge in [-0.15, -0.1) is 4.91 Å². The molecule has 0 amide bonds. The standard InChI is InChI=1S/C16H10N2O/c19-18-17-14-9-7-12-5-4-10-2-1-3-11-6-8-13(14)16(12)15(10)11/h1-9H,(H,17,19). The molecule has 0 aliphatic rings. The van der Waals surface area contributed by atoms with Crippen LogP contribution in [0.3, 0.4) is 0 Å². The van der Waals surface area contributed by atoms with Gasteiger partial charge in [-0.2, -0.15) is 0 Å². The third-order valence-electron chi connectivity index (χ3n) is 3.69. The van der Waals surface area contributed by atoms with E-state index in [-0.39, 0.29) is 0 Å². The van der Waals surface area contributed by atoms with Gasteiger partial charge in [-0.3, -0.25) is 0 Å². The van der Waals surface area contributed by atoms with Gasteiger partial charge < -0.3 is 0 Å². The molecular formula is C16H10N2O. The molecule has 0 spiro atoms. The van der Waals surface area contributed by atoms with Gasteiger partial charge >= 0.3 is 0 Å². The minimum Gasteiger partial charge on any atom is -0.242 e. The summed E-state index contributed by atoms with van der Waals surface area (Å²) in [6.45, 7) is 0. The van der Waals surface area contributed by atoms with E-state index in [1.54, 1.807) is 0 Å². The zero-order chi connectivity index (χ0) is 12.8. The summed E-state index contributed by atoms with van der Waals surface area (Å²) in [5.74, 6) is 0. The minimum absolute atomic E-state index is 0.751. The van der Waals surface area contributed by atoms with E-state index in [9.17, 15) is 4.91 Å². The molecule has 0 fully saturated rings. The van der Waals surface area contributed by atoms with E-state index < -0.39 is 0 Å². The molecule has 4 aromatic rings. The minimum atomic E-state index is 0.751. The Morgan fingerprint density at radius 3 is 2.11 bits per heavy atom. The molecule has 0 radical (unpaired) electrons. The van der Waals surface area contributed by atoms with E-state index in [4.69, 9.17) is 0 Å². The SMILES string of the molecule is O=NNc1ccc2ccc3cccc4ccc1c2c34. The van der Waals surface area contributed by atoms with Crippen molar-refractivity contribution in [3.63, 3.8) is 0 Å². The topological polar surface area (TPSA) is 41.5 Å². The molecule has 0 aliphatic heterocycles. The number of benzene rings is 4. The summed E-state index contributed by atoms with van der Waals surface area (Å²) in [5, 5.41) is 9.85. The van der Waals surface area contributed by atoms with Crippen molar-refractivity contribution in [3.05, 3.63) is 59.5 Å². The maximum absolute atomic E-state index is 10.5. The molecule has 0 aromatic heterocycles. The summed E-state index contributed by atoms with van der Waals surface area (Å²) >= 11 is 0. The van der Waals surface area contributed by atoms with Crippen molar-refractivity contribution >= 4 is 38.0 Å². The lowest BCUT2D eigenvalue weighted by atomic mass is 9.94. The molecule has 4 aromatic carbocycles.